The molecule has 36 heavy (non-hydrogen) atoms. The molecule has 3 N–H and O–H groups in total. The van der Waals surface area contributed by atoms with Crippen LogP contribution in [0.2, 0.25) is 0 Å². The van der Waals surface area contributed by atoms with Crippen molar-refractivity contribution >= 4 is 0 Å². The Kier molecular flexibility index (Phi) is 10.2. The molecule has 0 aromatic carbocycles. The van der Waals surface area contributed by atoms with Gasteiger partial charge in [0, 0.05) is 24.5 Å². The number of ether oxygens (including phenoxy) is 1. The predicted octanol–water partition coefficient (Wildman–Crippen LogP) is 6.83. The quantitative estimate of drug-likeness (QED) is 0.257. The Morgan fingerprint density at radius 1 is 0.778 bits per heavy atom. The minimum atomic E-state index is -0.646. The van der Waals surface area contributed by atoms with Crippen molar-refractivity contribution in [2.24, 2.45) is 16.2 Å². The van der Waals surface area contributed by atoms with Crippen molar-refractivity contribution in [1.29, 1.82) is 0 Å². The summed E-state index contributed by atoms with van der Waals surface area (Å²) in [5.74, 6) is 0. The second-order valence-corrected chi connectivity index (χ2v) is 13.5. The van der Waals surface area contributed by atoms with Crippen LogP contribution in [0.4, 0.5) is 0 Å². The molecule has 0 amide bonds. The summed E-state index contributed by atoms with van der Waals surface area (Å²) in [5, 5.41) is 31.9. The van der Waals surface area contributed by atoms with E-state index in [1.165, 1.54) is 0 Å². The molecule has 0 saturated carbocycles. The van der Waals surface area contributed by atoms with Crippen LogP contribution in [0.1, 0.15) is 93.9 Å². The van der Waals surface area contributed by atoms with E-state index in [9.17, 15) is 15.3 Å². The van der Waals surface area contributed by atoms with Crippen LogP contribution in [-0.4, -0.2) is 46.8 Å². The smallest absolute Gasteiger partial charge is 0.0998 e. The van der Waals surface area contributed by atoms with Gasteiger partial charge in [-0.3, -0.25) is 0 Å². The summed E-state index contributed by atoms with van der Waals surface area (Å²) in [5.41, 5.74) is 3.29. The van der Waals surface area contributed by atoms with Crippen LogP contribution in [0.15, 0.2) is 58.7 Å². The number of hydrogen-bond acceptors (Lipinski definition) is 4. The first-order chi connectivity index (χ1) is 16.5. The van der Waals surface area contributed by atoms with Crippen molar-refractivity contribution in [2.45, 2.75) is 112 Å². The van der Waals surface area contributed by atoms with E-state index in [2.05, 4.69) is 79.7 Å². The highest BCUT2D eigenvalue weighted by Crippen LogP contribution is 2.38. The molecule has 4 heteroatoms. The van der Waals surface area contributed by atoms with Gasteiger partial charge >= 0.3 is 0 Å². The van der Waals surface area contributed by atoms with Crippen LogP contribution in [0.25, 0.3) is 0 Å². The Labute approximate surface area is 220 Å². The number of allylic oxidation sites excluding steroid dienone is 4. The zero-order chi connectivity index (χ0) is 27.4. The molecule has 0 saturated heterocycles. The molecule has 0 radical (unpaired) electrons. The number of aliphatic hydroxyl groups excluding tert-OH is 3. The Hall–Kier alpha value is -1.46. The molecule has 0 aromatic rings. The van der Waals surface area contributed by atoms with Gasteiger partial charge in [-0.15, -0.1) is 0 Å². The molecule has 0 aliphatic heterocycles. The number of aliphatic hydroxyl groups is 3. The molecular weight excluding hydrogens is 448 g/mol. The molecule has 2 unspecified atom stereocenters. The fourth-order valence-corrected chi connectivity index (χ4v) is 5.20. The van der Waals surface area contributed by atoms with Gasteiger partial charge < -0.3 is 20.1 Å². The van der Waals surface area contributed by atoms with Gasteiger partial charge in [-0.1, -0.05) is 78.0 Å². The Morgan fingerprint density at radius 2 is 1.19 bits per heavy atom. The van der Waals surface area contributed by atoms with Crippen LogP contribution < -0.4 is 0 Å². The van der Waals surface area contributed by atoms with Crippen molar-refractivity contribution in [3.63, 3.8) is 0 Å². The van der Waals surface area contributed by atoms with Crippen LogP contribution in [0, 0.1) is 16.2 Å². The van der Waals surface area contributed by atoms with Gasteiger partial charge in [-0.2, -0.15) is 0 Å². The van der Waals surface area contributed by atoms with Crippen LogP contribution >= 0.6 is 0 Å². The van der Waals surface area contributed by atoms with E-state index in [0.717, 1.165) is 60.8 Å². The zero-order valence-electron chi connectivity index (χ0n) is 24.3. The van der Waals surface area contributed by atoms with E-state index in [-0.39, 0.29) is 28.5 Å². The molecule has 0 bridgehead atoms. The molecule has 0 aromatic heterocycles. The first-order valence-electron chi connectivity index (χ1n) is 13.6. The molecule has 2 rings (SSSR count). The average Bonchev–Trinajstić information content (AvgIpc) is 2.76. The standard InChI is InChI=1S/C32H52O4/c1-29(2,22-33)16-10-12-23-18-30(3,4)20-25(27(23)34)14-15-26-21-31(5,6)19-24(28(26)35)13-11-17-32(7,8)36-9/h14-15,18-21,27-28,33-35H,10-13,16-17,22H2,1-9H3/b15-14-. The fourth-order valence-electron chi connectivity index (χ4n) is 5.20. The molecule has 0 spiro atoms. The summed E-state index contributed by atoms with van der Waals surface area (Å²) in [6, 6.07) is 0. The van der Waals surface area contributed by atoms with Gasteiger partial charge in [0.2, 0.25) is 0 Å². The molecule has 204 valence electrons. The lowest BCUT2D eigenvalue weighted by Crippen LogP contribution is -2.25. The Bertz CT molecular complexity index is 834. The third kappa shape index (κ3) is 9.13. The minimum Gasteiger partial charge on any atom is -0.396 e. The van der Waals surface area contributed by atoms with Crippen LogP contribution in [-0.2, 0) is 4.74 Å². The molecule has 2 aliphatic rings. The highest BCUT2D eigenvalue weighted by atomic mass is 16.5. The van der Waals surface area contributed by atoms with E-state index >= 15 is 0 Å². The van der Waals surface area contributed by atoms with Crippen molar-refractivity contribution in [3.8, 4) is 0 Å². The Morgan fingerprint density at radius 3 is 1.58 bits per heavy atom. The van der Waals surface area contributed by atoms with E-state index < -0.39 is 12.2 Å². The molecule has 0 fully saturated rings. The molecule has 0 heterocycles. The fraction of sp³-hybridized carbons (Fsp3) is 0.688. The highest BCUT2D eigenvalue weighted by Gasteiger charge is 2.29. The number of methoxy groups -OCH3 is 1. The molecular formula is C32H52O4. The lowest BCUT2D eigenvalue weighted by atomic mass is 9.76. The van der Waals surface area contributed by atoms with Gasteiger partial charge in [0.25, 0.3) is 0 Å². The minimum absolute atomic E-state index is 0.102. The van der Waals surface area contributed by atoms with Gasteiger partial charge in [0.05, 0.1) is 17.8 Å². The first kappa shape index (κ1) is 30.8. The van der Waals surface area contributed by atoms with Crippen LogP contribution in [0.3, 0.4) is 0 Å². The lowest BCUT2D eigenvalue weighted by Gasteiger charge is -2.31. The summed E-state index contributed by atoms with van der Waals surface area (Å²) >= 11 is 0. The average molecular weight is 501 g/mol. The monoisotopic (exact) mass is 500 g/mol. The van der Waals surface area contributed by atoms with Crippen molar-refractivity contribution in [2.75, 3.05) is 13.7 Å². The molecule has 4 nitrogen and oxygen atoms in total. The highest BCUT2D eigenvalue weighted by molar-refractivity contribution is 5.45. The van der Waals surface area contributed by atoms with E-state index in [1.54, 1.807) is 7.11 Å². The first-order valence-corrected chi connectivity index (χ1v) is 13.6. The molecule has 2 aliphatic carbocycles. The lowest BCUT2D eigenvalue weighted by molar-refractivity contribution is 0.0137. The van der Waals surface area contributed by atoms with Crippen molar-refractivity contribution in [1.82, 2.24) is 0 Å². The zero-order valence-corrected chi connectivity index (χ0v) is 24.3. The van der Waals surface area contributed by atoms with Crippen molar-refractivity contribution < 1.29 is 20.1 Å². The summed E-state index contributed by atoms with van der Waals surface area (Å²) in [7, 11) is 1.75. The van der Waals surface area contributed by atoms with Gasteiger partial charge in [0.15, 0.2) is 0 Å². The number of hydrogen-bond donors (Lipinski definition) is 3. The maximum atomic E-state index is 11.2. The van der Waals surface area contributed by atoms with Crippen LogP contribution in [0.5, 0.6) is 0 Å². The SMILES string of the molecule is COC(C)(C)CCCC1=CC(C)(C)C=C(/C=C\C2=CC(C)(C)C=C(CCCC(C)(C)CO)C2O)C1O. The normalized spacial score (nSPS) is 24.3. The van der Waals surface area contributed by atoms with Gasteiger partial charge in [0.1, 0.15) is 0 Å². The summed E-state index contributed by atoms with van der Waals surface area (Å²) in [6.07, 6.45) is 16.7. The summed E-state index contributed by atoms with van der Waals surface area (Å²) < 4.78 is 5.55. The number of rotatable bonds is 12. The summed E-state index contributed by atoms with van der Waals surface area (Å²) in [4.78, 5) is 0. The predicted molar refractivity (Wildman–Crippen MR) is 151 cm³/mol. The summed E-state index contributed by atoms with van der Waals surface area (Å²) in [6.45, 7) is 17.1. The van der Waals surface area contributed by atoms with Gasteiger partial charge in [-0.05, 0) is 80.1 Å². The second-order valence-electron chi connectivity index (χ2n) is 13.5. The second kappa shape index (κ2) is 11.9. The van der Waals surface area contributed by atoms with E-state index in [0.29, 0.717) is 0 Å². The van der Waals surface area contributed by atoms with Crippen molar-refractivity contribution in [3.05, 3.63) is 58.7 Å². The maximum absolute atomic E-state index is 11.2. The third-order valence-corrected chi connectivity index (χ3v) is 7.54. The molecule has 2 atom stereocenters. The largest absolute Gasteiger partial charge is 0.396 e. The van der Waals surface area contributed by atoms with Gasteiger partial charge in [-0.25, -0.2) is 0 Å². The van der Waals surface area contributed by atoms with E-state index in [4.69, 9.17) is 4.74 Å². The topological polar surface area (TPSA) is 69.9 Å². The Balaban J connectivity index is 2.14. The maximum Gasteiger partial charge on any atom is 0.0998 e. The third-order valence-electron chi connectivity index (χ3n) is 7.54. The van der Waals surface area contributed by atoms with E-state index in [1.807, 2.05) is 12.2 Å².